The van der Waals surface area contributed by atoms with Gasteiger partial charge in [0.05, 0.1) is 29.6 Å². The fourth-order valence-electron chi connectivity index (χ4n) is 3.80. The van der Waals surface area contributed by atoms with Crippen molar-refractivity contribution in [3.63, 3.8) is 0 Å². The van der Waals surface area contributed by atoms with Crippen LogP contribution in [-0.2, 0) is 17.8 Å². The minimum atomic E-state index is -0.490. The average Bonchev–Trinajstić information content (AvgIpc) is 2.83. The van der Waals surface area contributed by atoms with Crippen LogP contribution in [0.3, 0.4) is 0 Å². The molecule has 0 spiro atoms. The first-order chi connectivity index (χ1) is 16.3. The predicted octanol–water partition coefficient (Wildman–Crippen LogP) is 3.65. The van der Waals surface area contributed by atoms with E-state index in [-0.39, 0.29) is 24.7 Å². The first kappa shape index (κ1) is 23.2. The van der Waals surface area contributed by atoms with Crippen molar-refractivity contribution in [1.29, 1.82) is 0 Å². The highest BCUT2D eigenvalue weighted by atomic mass is 19.1. The lowest BCUT2D eigenvalue weighted by atomic mass is 10.1. The van der Waals surface area contributed by atoms with Crippen molar-refractivity contribution in [1.82, 2.24) is 14.5 Å². The van der Waals surface area contributed by atoms with E-state index in [2.05, 4.69) is 5.32 Å². The van der Waals surface area contributed by atoms with Crippen molar-refractivity contribution in [3.05, 3.63) is 111 Å². The maximum Gasteiger partial charge on any atom is 0.336 e. The van der Waals surface area contributed by atoms with Crippen LogP contribution >= 0.6 is 0 Å². The molecule has 4 aromatic rings. The minimum Gasteiger partial charge on any atom is -0.356 e. The van der Waals surface area contributed by atoms with E-state index < -0.39 is 11.2 Å². The normalized spacial score (nSPS) is 11.2. The molecule has 0 saturated heterocycles. The number of amides is 1. The van der Waals surface area contributed by atoms with Gasteiger partial charge >= 0.3 is 5.69 Å². The number of carbonyl (C=O) groups is 1. The topological polar surface area (TPSA) is 73.1 Å². The Morgan fingerprint density at radius 1 is 0.912 bits per heavy atom. The zero-order valence-electron chi connectivity index (χ0n) is 19.1. The summed E-state index contributed by atoms with van der Waals surface area (Å²) in [5, 5.41) is 3.28. The van der Waals surface area contributed by atoms with E-state index in [1.807, 2.05) is 13.8 Å². The number of nitrogens with zero attached hydrogens (tertiary/aromatic N) is 2. The second-order valence-corrected chi connectivity index (χ2v) is 8.69. The molecule has 7 heteroatoms. The summed E-state index contributed by atoms with van der Waals surface area (Å²) < 4.78 is 16.0. The van der Waals surface area contributed by atoms with E-state index >= 15 is 0 Å². The summed E-state index contributed by atoms with van der Waals surface area (Å²) in [6, 6.07) is 19.7. The highest BCUT2D eigenvalue weighted by Crippen LogP contribution is 2.14. The summed E-state index contributed by atoms with van der Waals surface area (Å²) in [4.78, 5) is 38.8. The van der Waals surface area contributed by atoms with Gasteiger partial charge in [-0.05, 0) is 53.4 Å². The van der Waals surface area contributed by atoms with Crippen molar-refractivity contribution in [3.8, 4) is 5.69 Å². The van der Waals surface area contributed by atoms with Crippen LogP contribution in [0.5, 0.6) is 0 Å². The van der Waals surface area contributed by atoms with Crippen LogP contribution in [0.25, 0.3) is 16.6 Å². The summed E-state index contributed by atoms with van der Waals surface area (Å²) in [7, 11) is 0. The van der Waals surface area contributed by atoms with Gasteiger partial charge in [-0.25, -0.2) is 13.8 Å². The zero-order chi connectivity index (χ0) is 24.2. The lowest BCUT2D eigenvalue weighted by molar-refractivity contribution is -0.120. The second kappa shape index (κ2) is 9.87. The number of carbonyl (C=O) groups excluding carboxylic acids is 1. The standard InChI is InChI=1S/C27H26FN3O3/c1-18(2)16-29-25(32)15-19-9-13-22(14-10-19)31-26(33)23-5-3-4-6-24(23)30(27(31)34)17-20-7-11-21(28)12-8-20/h3-14,18H,15-17H2,1-2H3,(H,29,32). The largest absolute Gasteiger partial charge is 0.356 e. The average molecular weight is 460 g/mol. The molecule has 0 aliphatic carbocycles. The molecular weight excluding hydrogens is 433 g/mol. The van der Waals surface area contributed by atoms with Gasteiger partial charge in [-0.3, -0.25) is 14.2 Å². The quantitative estimate of drug-likeness (QED) is 0.459. The van der Waals surface area contributed by atoms with Gasteiger partial charge in [0.2, 0.25) is 5.91 Å². The Hall–Kier alpha value is -4.00. The van der Waals surface area contributed by atoms with Gasteiger partial charge in [0.25, 0.3) is 5.56 Å². The van der Waals surface area contributed by atoms with Crippen LogP contribution < -0.4 is 16.6 Å². The van der Waals surface area contributed by atoms with E-state index in [0.29, 0.717) is 29.1 Å². The number of halogens is 1. The van der Waals surface area contributed by atoms with Crippen LogP contribution in [-0.4, -0.2) is 21.6 Å². The van der Waals surface area contributed by atoms with Crippen molar-refractivity contribution < 1.29 is 9.18 Å². The Balaban J connectivity index is 1.73. The molecule has 34 heavy (non-hydrogen) atoms. The number of para-hydroxylation sites is 1. The van der Waals surface area contributed by atoms with Gasteiger partial charge in [0.15, 0.2) is 0 Å². The number of hydrogen-bond acceptors (Lipinski definition) is 3. The van der Waals surface area contributed by atoms with Gasteiger partial charge in [-0.1, -0.05) is 50.2 Å². The van der Waals surface area contributed by atoms with E-state index in [1.165, 1.54) is 16.7 Å². The Kier molecular flexibility index (Phi) is 6.72. The Bertz CT molecular complexity index is 1440. The zero-order valence-corrected chi connectivity index (χ0v) is 19.1. The van der Waals surface area contributed by atoms with E-state index in [4.69, 9.17) is 0 Å². The van der Waals surface area contributed by atoms with E-state index in [1.54, 1.807) is 60.7 Å². The van der Waals surface area contributed by atoms with Crippen LogP contribution in [0.4, 0.5) is 4.39 Å². The third-order valence-electron chi connectivity index (χ3n) is 5.57. The number of nitrogens with one attached hydrogen (secondary N) is 1. The molecule has 0 fully saturated rings. The highest BCUT2D eigenvalue weighted by molar-refractivity contribution is 5.79. The van der Waals surface area contributed by atoms with Crippen LogP contribution in [0.15, 0.2) is 82.4 Å². The smallest absolute Gasteiger partial charge is 0.336 e. The SMILES string of the molecule is CC(C)CNC(=O)Cc1ccc(-n2c(=O)c3ccccc3n(Cc3ccc(F)cc3)c2=O)cc1. The van der Waals surface area contributed by atoms with Gasteiger partial charge in [0.1, 0.15) is 5.82 Å². The summed E-state index contributed by atoms with van der Waals surface area (Å²) in [6.45, 7) is 4.85. The molecule has 0 atom stereocenters. The van der Waals surface area contributed by atoms with Crippen LogP contribution in [0.2, 0.25) is 0 Å². The Morgan fingerprint density at radius 2 is 1.56 bits per heavy atom. The summed E-state index contributed by atoms with van der Waals surface area (Å²) >= 11 is 0. The van der Waals surface area contributed by atoms with Crippen molar-refractivity contribution in [2.24, 2.45) is 5.92 Å². The van der Waals surface area contributed by atoms with Gasteiger partial charge < -0.3 is 5.32 Å². The van der Waals surface area contributed by atoms with Gasteiger partial charge in [-0.2, -0.15) is 0 Å². The molecular formula is C27H26FN3O3. The first-order valence-corrected chi connectivity index (χ1v) is 11.2. The summed E-state index contributed by atoms with van der Waals surface area (Å²) in [6.07, 6.45) is 0.217. The number of benzene rings is 3. The molecule has 174 valence electrons. The number of fused-ring (bicyclic) bond motifs is 1. The lowest BCUT2D eigenvalue weighted by Gasteiger charge is -2.15. The molecule has 1 amide bonds. The minimum absolute atomic E-state index is 0.0778. The molecule has 0 saturated carbocycles. The third-order valence-corrected chi connectivity index (χ3v) is 5.57. The molecule has 3 aromatic carbocycles. The number of rotatable bonds is 7. The molecule has 1 N–H and O–H groups in total. The molecule has 0 bridgehead atoms. The summed E-state index contributed by atoms with van der Waals surface area (Å²) in [5.41, 5.74) is 1.54. The lowest BCUT2D eigenvalue weighted by Crippen LogP contribution is -2.39. The van der Waals surface area contributed by atoms with Crippen LogP contribution in [0.1, 0.15) is 25.0 Å². The molecule has 0 radical (unpaired) electrons. The van der Waals surface area contributed by atoms with Crippen LogP contribution in [0, 0.1) is 11.7 Å². The molecule has 1 aromatic heterocycles. The monoisotopic (exact) mass is 459 g/mol. The Labute approximate surface area is 196 Å². The maximum atomic E-state index is 13.5. The number of aromatic nitrogens is 2. The molecule has 0 aliphatic heterocycles. The molecule has 0 unspecified atom stereocenters. The molecule has 4 rings (SSSR count). The second-order valence-electron chi connectivity index (χ2n) is 8.69. The molecule has 0 aliphatic rings. The molecule has 6 nitrogen and oxygen atoms in total. The van der Waals surface area contributed by atoms with Crippen molar-refractivity contribution in [2.75, 3.05) is 6.54 Å². The van der Waals surface area contributed by atoms with E-state index in [9.17, 15) is 18.8 Å². The van der Waals surface area contributed by atoms with E-state index in [0.717, 1.165) is 15.7 Å². The van der Waals surface area contributed by atoms with Crippen molar-refractivity contribution in [2.45, 2.75) is 26.8 Å². The highest BCUT2D eigenvalue weighted by Gasteiger charge is 2.15. The number of hydrogen-bond donors (Lipinski definition) is 1. The van der Waals surface area contributed by atoms with Crippen molar-refractivity contribution >= 4 is 16.8 Å². The first-order valence-electron chi connectivity index (χ1n) is 11.2. The Morgan fingerprint density at radius 3 is 2.24 bits per heavy atom. The predicted molar refractivity (Wildman–Crippen MR) is 131 cm³/mol. The fourth-order valence-corrected chi connectivity index (χ4v) is 3.80. The third kappa shape index (κ3) is 4.98. The van der Waals surface area contributed by atoms with Gasteiger partial charge in [0, 0.05) is 6.54 Å². The fraction of sp³-hybridized carbons (Fsp3) is 0.222. The summed E-state index contributed by atoms with van der Waals surface area (Å²) in [5.74, 6) is -0.0712. The molecule has 1 heterocycles. The maximum absolute atomic E-state index is 13.5. The van der Waals surface area contributed by atoms with Gasteiger partial charge in [-0.15, -0.1) is 0 Å².